The number of quaternary nitrogens is 1. The molecule has 3 aromatic rings. The Labute approximate surface area is 174 Å². The Morgan fingerprint density at radius 1 is 1.10 bits per heavy atom. The summed E-state index contributed by atoms with van der Waals surface area (Å²) >= 11 is 12.8. The number of aromatic nitrogens is 1. The highest BCUT2D eigenvalue weighted by atomic mass is 35.5. The minimum absolute atomic E-state index is 0.0737. The second-order valence-electron chi connectivity index (χ2n) is 6.50. The first-order valence-corrected chi connectivity index (χ1v) is 9.21. The Morgan fingerprint density at radius 3 is 2.48 bits per heavy atom. The van der Waals surface area contributed by atoms with Gasteiger partial charge in [0, 0.05) is 17.7 Å². The van der Waals surface area contributed by atoms with Gasteiger partial charge in [-0.3, -0.25) is 15.1 Å². The fraction of sp³-hybridized carbons (Fsp3) is 0.0500. The number of para-hydroxylation sites is 1. The van der Waals surface area contributed by atoms with E-state index in [2.05, 4.69) is 4.98 Å². The molecule has 146 valence electrons. The van der Waals surface area contributed by atoms with Gasteiger partial charge in [0.15, 0.2) is 17.1 Å². The molecule has 0 fully saturated rings. The predicted molar refractivity (Wildman–Crippen MR) is 110 cm³/mol. The Hall–Kier alpha value is -3.00. The number of halogens is 3. The second-order valence-corrected chi connectivity index (χ2v) is 7.32. The van der Waals surface area contributed by atoms with Crippen LogP contribution in [-0.4, -0.2) is 15.0 Å². The molecule has 4 rings (SSSR count). The molecule has 0 saturated carbocycles. The number of nitrogens with zero attached hydrogens (tertiary/aromatic N) is 3. The highest BCUT2D eigenvalue weighted by Gasteiger charge is 2.45. The van der Waals surface area contributed by atoms with Crippen LogP contribution in [0.3, 0.4) is 0 Å². The number of pyridine rings is 1. The smallest absolute Gasteiger partial charge is 0.281 e. The van der Waals surface area contributed by atoms with Crippen molar-refractivity contribution in [1.29, 1.82) is 0 Å². The third-order valence-electron chi connectivity index (χ3n) is 4.88. The van der Waals surface area contributed by atoms with Crippen molar-refractivity contribution in [2.75, 3.05) is 0 Å². The van der Waals surface area contributed by atoms with E-state index in [0.29, 0.717) is 16.9 Å². The number of rotatable bonds is 4. The van der Waals surface area contributed by atoms with Gasteiger partial charge < -0.3 is 5.11 Å². The fourth-order valence-electron chi connectivity index (χ4n) is 3.71. The molecule has 29 heavy (non-hydrogen) atoms. The molecule has 1 atom stereocenters. The Bertz CT molecular complexity index is 1170. The number of nitro groups is 1. The number of benzene rings is 2. The SMILES string of the molecule is O=[N+]([O-])c1cccc(F)c1C[N+]1(c2c(Cl)cncc2Cl)C=Cc2cccc(O)c21. The van der Waals surface area contributed by atoms with Gasteiger partial charge in [-0.25, -0.2) is 8.87 Å². The summed E-state index contributed by atoms with van der Waals surface area (Å²) in [6.07, 6.45) is 6.16. The number of fused-ring (bicyclic) bond motifs is 1. The Balaban J connectivity index is 2.05. The van der Waals surface area contributed by atoms with Gasteiger partial charge in [-0.15, -0.1) is 0 Å². The van der Waals surface area contributed by atoms with Gasteiger partial charge in [0.2, 0.25) is 0 Å². The molecule has 0 radical (unpaired) electrons. The lowest BCUT2D eigenvalue weighted by Gasteiger charge is -2.33. The molecule has 2 aromatic carbocycles. The molecule has 0 bridgehead atoms. The zero-order chi connectivity index (χ0) is 20.8. The Kier molecular flexibility index (Phi) is 4.74. The first-order chi connectivity index (χ1) is 13.8. The summed E-state index contributed by atoms with van der Waals surface area (Å²) in [6, 6.07) is 8.58. The minimum atomic E-state index is -0.740. The van der Waals surface area contributed by atoms with E-state index in [-0.39, 0.29) is 38.1 Å². The predicted octanol–water partition coefficient (Wildman–Crippen LogP) is 5.96. The van der Waals surface area contributed by atoms with E-state index in [0.717, 1.165) is 6.07 Å². The molecule has 0 aliphatic carbocycles. The maximum absolute atomic E-state index is 14.7. The molecular formula is C20H13Cl2FN3O3+. The van der Waals surface area contributed by atoms with E-state index < -0.39 is 10.7 Å². The van der Waals surface area contributed by atoms with Gasteiger partial charge >= 0.3 is 0 Å². The van der Waals surface area contributed by atoms with Crippen LogP contribution in [0.5, 0.6) is 5.75 Å². The highest BCUT2D eigenvalue weighted by Crippen LogP contribution is 2.53. The summed E-state index contributed by atoms with van der Waals surface area (Å²) in [7, 11) is 0. The summed E-state index contributed by atoms with van der Waals surface area (Å²) in [5, 5.41) is 22.5. The van der Waals surface area contributed by atoms with Crippen LogP contribution in [0, 0.1) is 15.9 Å². The lowest BCUT2D eigenvalue weighted by Crippen LogP contribution is -2.37. The molecule has 1 aliphatic rings. The maximum atomic E-state index is 14.7. The summed E-state index contributed by atoms with van der Waals surface area (Å²) < 4.78 is 14.4. The summed E-state index contributed by atoms with van der Waals surface area (Å²) in [5.41, 5.74) is 0.869. The van der Waals surface area contributed by atoms with Gasteiger partial charge in [0.1, 0.15) is 34.2 Å². The summed E-state index contributed by atoms with van der Waals surface area (Å²) in [4.78, 5) is 14.8. The summed E-state index contributed by atoms with van der Waals surface area (Å²) in [5.74, 6) is -0.814. The van der Waals surface area contributed by atoms with Crippen molar-refractivity contribution < 1.29 is 14.4 Å². The van der Waals surface area contributed by atoms with Crippen LogP contribution in [0.25, 0.3) is 6.08 Å². The normalized spacial score (nSPS) is 17.3. The van der Waals surface area contributed by atoms with Crippen molar-refractivity contribution in [3.05, 3.63) is 92.1 Å². The van der Waals surface area contributed by atoms with Crippen LogP contribution in [0.1, 0.15) is 11.1 Å². The molecular weight excluding hydrogens is 420 g/mol. The molecule has 6 nitrogen and oxygen atoms in total. The van der Waals surface area contributed by atoms with E-state index in [1.807, 2.05) is 0 Å². The molecule has 1 aliphatic heterocycles. The highest BCUT2D eigenvalue weighted by molar-refractivity contribution is 6.39. The van der Waals surface area contributed by atoms with Gasteiger partial charge in [0.05, 0.1) is 17.3 Å². The fourth-order valence-corrected chi connectivity index (χ4v) is 4.37. The number of aromatic hydroxyl groups is 1. The van der Waals surface area contributed by atoms with Crippen LogP contribution in [-0.2, 0) is 6.54 Å². The molecule has 1 N–H and O–H groups in total. The molecule has 0 amide bonds. The van der Waals surface area contributed by atoms with Crippen molar-refractivity contribution in [3.63, 3.8) is 0 Å². The average Bonchev–Trinajstić information content (AvgIpc) is 3.03. The molecule has 9 heteroatoms. The van der Waals surface area contributed by atoms with Gasteiger partial charge in [-0.05, 0) is 18.2 Å². The van der Waals surface area contributed by atoms with E-state index in [4.69, 9.17) is 23.2 Å². The molecule has 0 spiro atoms. The zero-order valence-electron chi connectivity index (χ0n) is 14.7. The van der Waals surface area contributed by atoms with Crippen molar-refractivity contribution in [3.8, 4) is 5.75 Å². The number of hydrogen-bond donors (Lipinski definition) is 1. The van der Waals surface area contributed by atoms with Crippen molar-refractivity contribution >= 4 is 46.3 Å². The van der Waals surface area contributed by atoms with E-state index >= 15 is 0 Å². The standard InChI is InChI=1S/C20H12Cl2FN3O3/c21-14-9-24-10-15(22)20(14)26(8-7-12-3-1-6-18(27)19(12)26)11-13-16(23)4-2-5-17(13)25(28)29/h1-10H,11H2/p+1. The summed E-state index contributed by atoms with van der Waals surface area (Å²) in [6.45, 7) is -0.229. The van der Waals surface area contributed by atoms with Gasteiger partial charge in [-0.2, -0.15) is 0 Å². The van der Waals surface area contributed by atoms with E-state index in [1.54, 1.807) is 24.4 Å². The first kappa shape index (κ1) is 19.3. The molecule has 1 unspecified atom stereocenters. The molecule has 2 heterocycles. The minimum Gasteiger partial charge on any atom is -0.503 e. The first-order valence-electron chi connectivity index (χ1n) is 8.46. The second kappa shape index (κ2) is 7.11. The number of hydrogen-bond acceptors (Lipinski definition) is 4. The third-order valence-corrected chi connectivity index (χ3v) is 5.43. The average molecular weight is 433 g/mol. The lowest BCUT2D eigenvalue weighted by atomic mass is 10.1. The van der Waals surface area contributed by atoms with Crippen LogP contribution in [0.15, 0.2) is 55.0 Å². The molecule has 0 saturated heterocycles. The number of phenols is 1. The zero-order valence-corrected chi connectivity index (χ0v) is 16.2. The van der Waals surface area contributed by atoms with Gasteiger partial charge in [0.25, 0.3) is 5.69 Å². The topological polar surface area (TPSA) is 76.3 Å². The van der Waals surface area contributed by atoms with Crippen molar-refractivity contribution in [1.82, 2.24) is 9.47 Å². The third kappa shape index (κ3) is 3.04. The quantitative estimate of drug-likeness (QED) is 0.313. The maximum Gasteiger partial charge on any atom is 0.281 e. The van der Waals surface area contributed by atoms with Crippen LogP contribution in [0.2, 0.25) is 10.0 Å². The van der Waals surface area contributed by atoms with Crippen LogP contribution < -0.4 is 4.48 Å². The van der Waals surface area contributed by atoms with E-state index in [1.165, 1.54) is 30.6 Å². The Morgan fingerprint density at radius 2 is 1.79 bits per heavy atom. The van der Waals surface area contributed by atoms with Crippen molar-refractivity contribution in [2.45, 2.75) is 6.54 Å². The lowest BCUT2D eigenvalue weighted by molar-refractivity contribution is -0.385. The van der Waals surface area contributed by atoms with E-state index in [9.17, 15) is 19.6 Å². The van der Waals surface area contributed by atoms with Crippen molar-refractivity contribution in [2.24, 2.45) is 0 Å². The number of phenolic OH excluding ortho intramolecular Hbond substituents is 1. The van der Waals surface area contributed by atoms with Crippen LogP contribution in [0.4, 0.5) is 21.5 Å². The number of nitro benzene ring substituents is 1. The molecule has 1 aromatic heterocycles. The largest absolute Gasteiger partial charge is 0.503 e. The van der Waals surface area contributed by atoms with Crippen LogP contribution >= 0.6 is 23.2 Å². The monoisotopic (exact) mass is 432 g/mol. The van der Waals surface area contributed by atoms with Gasteiger partial charge in [-0.1, -0.05) is 35.3 Å².